The molecular formula is C13H9Br2FO. The average molecular weight is 360 g/mol. The van der Waals surface area contributed by atoms with Gasteiger partial charge >= 0.3 is 0 Å². The summed E-state index contributed by atoms with van der Waals surface area (Å²) in [5, 5.41) is 0. The van der Waals surface area contributed by atoms with Crippen LogP contribution in [0.25, 0.3) is 0 Å². The summed E-state index contributed by atoms with van der Waals surface area (Å²) in [6.45, 7) is 0.332. The fourth-order valence-electron chi connectivity index (χ4n) is 1.42. The van der Waals surface area contributed by atoms with Gasteiger partial charge in [0, 0.05) is 4.47 Å². The third-order valence-corrected chi connectivity index (χ3v) is 3.27. The van der Waals surface area contributed by atoms with Gasteiger partial charge in [0.2, 0.25) is 0 Å². The summed E-state index contributed by atoms with van der Waals surface area (Å²) >= 11 is 6.64. The minimum Gasteiger partial charge on any atom is -0.488 e. The van der Waals surface area contributed by atoms with E-state index in [1.165, 1.54) is 12.1 Å². The van der Waals surface area contributed by atoms with Crippen LogP contribution < -0.4 is 4.74 Å². The predicted octanol–water partition coefficient (Wildman–Crippen LogP) is 4.93. The second-order valence-electron chi connectivity index (χ2n) is 3.50. The summed E-state index contributed by atoms with van der Waals surface area (Å²) in [6.07, 6.45) is 0. The Labute approximate surface area is 116 Å². The topological polar surface area (TPSA) is 9.23 Å². The number of benzene rings is 2. The molecule has 0 heterocycles. The van der Waals surface area contributed by atoms with Crippen LogP contribution in [0.2, 0.25) is 0 Å². The molecule has 17 heavy (non-hydrogen) atoms. The molecule has 0 aliphatic carbocycles. The molecule has 2 aromatic carbocycles. The molecule has 88 valence electrons. The third-order valence-electron chi connectivity index (χ3n) is 2.15. The van der Waals surface area contributed by atoms with E-state index in [-0.39, 0.29) is 5.82 Å². The monoisotopic (exact) mass is 358 g/mol. The van der Waals surface area contributed by atoms with Gasteiger partial charge in [-0.1, -0.05) is 28.1 Å². The maximum atomic E-state index is 13.1. The lowest BCUT2D eigenvalue weighted by Gasteiger charge is -2.08. The zero-order valence-corrected chi connectivity index (χ0v) is 12.0. The van der Waals surface area contributed by atoms with Gasteiger partial charge in [0.1, 0.15) is 18.2 Å². The molecule has 0 bridgehead atoms. The quantitative estimate of drug-likeness (QED) is 0.754. The smallest absolute Gasteiger partial charge is 0.133 e. The second kappa shape index (κ2) is 5.65. The van der Waals surface area contributed by atoms with Crippen molar-refractivity contribution in [3.63, 3.8) is 0 Å². The van der Waals surface area contributed by atoms with Crippen molar-refractivity contribution in [3.8, 4) is 5.75 Å². The van der Waals surface area contributed by atoms with Crippen LogP contribution in [0.5, 0.6) is 5.75 Å². The lowest BCUT2D eigenvalue weighted by molar-refractivity contribution is 0.303. The lowest BCUT2D eigenvalue weighted by atomic mass is 10.2. The molecule has 0 aromatic heterocycles. The molecular weight excluding hydrogens is 351 g/mol. The Morgan fingerprint density at radius 1 is 1.06 bits per heavy atom. The lowest BCUT2D eigenvalue weighted by Crippen LogP contribution is -1.96. The van der Waals surface area contributed by atoms with Crippen LogP contribution >= 0.6 is 31.9 Å². The average Bonchev–Trinajstić information content (AvgIpc) is 2.27. The van der Waals surface area contributed by atoms with E-state index in [9.17, 15) is 4.39 Å². The highest BCUT2D eigenvalue weighted by atomic mass is 79.9. The van der Waals surface area contributed by atoms with Crippen molar-refractivity contribution >= 4 is 31.9 Å². The Kier molecular flexibility index (Phi) is 4.18. The first-order valence-electron chi connectivity index (χ1n) is 4.97. The summed E-state index contributed by atoms with van der Waals surface area (Å²) < 4.78 is 20.3. The van der Waals surface area contributed by atoms with Crippen molar-refractivity contribution < 1.29 is 9.13 Å². The van der Waals surface area contributed by atoms with Gasteiger partial charge in [-0.05, 0) is 51.8 Å². The van der Waals surface area contributed by atoms with Crippen molar-refractivity contribution in [1.29, 1.82) is 0 Å². The highest BCUT2D eigenvalue weighted by Crippen LogP contribution is 2.25. The molecule has 0 unspecified atom stereocenters. The molecule has 4 heteroatoms. The molecule has 0 saturated heterocycles. The summed E-state index contributed by atoms with van der Waals surface area (Å²) in [5.74, 6) is 0.470. The van der Waals surface area contributed by atoms with Crippen molar-refractivity contribution in [2.45, 2.75) is 6.61 Å². The first kappa shape index (κ1) is 12.6. The van der Waals surface area contributed by atoms with E-state index < -0.39 is 0 Å². The second-order valence-corrected chi connectivity index (χ2v) is 5.27. The minimum atomic E-state index is -0.273. The number of hydrogen-bond donors (Lipinski definition) is 0. The van der Waals surface area contributed by atoms with Crippen LogP contribution in [0.1, 0.15) is 5.56 Å². The summed E-state index contributed by atoms with van der Waals surface area (Å²) in [6, 6.07) is 12.3. The highest BCUT2D eigenvalue weighted by molar-refractivity contribution is 9.10. The molecule has 0 spiro atoms. The van der Waals surface area contributed by atoms with Gasteiger partial charge in [0.15, 0.2) is 0 Å². The zero-order valence-electron chi connectivity index (χ0n) is 8.79. The zero-order chi connectivity index (χ0) is 12.3. The molecule has 1 nitrogen and oxygen atoms in total. The molecule has 0 aliphatic heterocycles. The van der Waals surface area contributed by atoms with Gasteiger partial charge in [-0.15, -0.1) is 0 Å². The van der Waals surface area contributed by atoms with E-state index in [1.807, 2.05) is 30.3 Å². The van der Waals surface area contributed by atoms with Gasteiger partial charge in [0.25, 0.3) is 0 Å². The normalized spacial score (nSPS) is 10.3. The fourth-order valence-corrected chi connectivity index (χ4v) is 2.33. The van der Waals surface area contributed by atoms with Crippen molar-refractivity contribution in [1.82, 2.24) is 0 Å². The van der Waals surface area contributed by atoms with E-state index in [0.717, 1.165) is 15.8 Å². The van der Waals surface area contributed by atoms with Crippen molar-refractivity contribution in [2.75, 3.05) is 0 Å². The number of ether oxygens (including phenoxy) is 1. The Morgan fingerprint density at radius 3 is 2.53 bits per heavy atom. The molecule has 0 radical (unpaired) electrons. The first-order valence-corrected chi connectivity index (χ1v) is 6.56. The van der Waals surface area contributed by atoms with Crippen LogP contribution in [0.15, 0.2) is 51.4 Å². The van der Waals surface area contributed by atoms with Gasteiger partial charge in [-0.2, -0.15) is 0 Å². The third kappa shape index (κ3) is 3.54. The number of rotatable bonds is 3. The summed E-state index contributed by atoms with van der Waals surface area (Å²) in [4.78, 5) is 0. The first-order chi connectivity index (χ1) is 8.15. The Morgan fingerprint density at radius 2 is 1.82 bits per heavy atom. The SMILES string of the molecule is Fc1cc(Br)cc(COc2ccccc2Br)c1. The largest absolute Gasteiger partial charge is 0.488 e. The van der Waals surface area contributed by atoms with E-state index in [2.05, 4.69) is 31.9 Å². The molecule has 0 atom stereocenters. The fraction of sp³-hybridized carbons (Fsp3) is 0.0769. The van der Waals surface area contributed by atoms with Crippen LogP contribution in [-0.4, -0.2) is 0 Å². The van der Waals surface area contributed by atoms with Crippen LogP contribution in [0.4, 0.5) is 4.39 Å². The Hall–Kier alpha value is -0.870. The minimum absolute atomic E-state index is 0.273. The van der Waals surface area contributed by atoms with E-state index in [4.69, 9.17) is 4.74 Å². The number of hydrogen-bond acceptors (Lipinski definition) is 1. The van der Waals surface area contributed by atoms with Crippen LogP contribution in [0, 0.1) is 5.82 Å². The maximum Gasteiger partial charge on any atom is 0.133 e. The van der Waals surface area contributed by atoms with Gasteiger partial charge in [-0.25, -0.2) is 4.39 Å². The highest BCUT2D eigenvalue weighted by Gasteiger charge is 2.02. The Balaban J connectivity index is 2.10. The molecule has 0 aliphatic rings. The standard InChI is InChI=1S/C13H9Br2FO/c14-10-5-9(6-11(16)7-10)8-17-13-4-2-1-3-12(13)15/h1-7H,8H2. The Bertz CT molecular complexity index is 508. The van der Waals surface area contributed by atoms with Gasteiger partial charge in [-0.3, -0.25) is 0 Å². The predicted molar refractivity (Wildman–Crippen MR) is 72.6 cm³/mol. The maximum absolute atomic E-state index is 13.1. The molecule has 2 aromatic rings. The van der Waals surface area contributed by atoms with Gasteiger partial charge in [0.05, 0.1) is 4.47 Å². The molecule has 0 fully saturated rings. The van der Waals surface area contributed by atoms with E-state index >= 15 is 0 Å². The van der Waals surface area contributed by atoms with Crippen LogP contribution in [0.3, 0.4) is 0 Å². The summed E-state index contributed by atoms with van der Waals surface area (Å²) in [7, 11) is 0. The van der Waals surface area contributed by atoms with Crippen LogP contribution in [-0.2, 0) is 6.61 Å². The molecule has 2 rings (SSSR count). The molecule has 0 saturated carbocycles. The van der Waals surface area contributed by atoms with Crippen molar-refractivity contribution in [2.24, 2.45) is 0 Å². The van der Waals surface area contributed by atoms with Crippen molar-refractivity contribution in [3.05, 3.63) is 62.8 Å². The molecule has 0 N–H and O–H groups in total. The molecule has 0 amide bonds. The number of halogens is 3. The van der Waals surface area contributed by atoms with E-state index in [1.54, 1.807) is 0 Å². The number of para-hydroxylation sites is 1. The van der Waals surface area contributed by atoms with Gasteiger partial charge < -0.3 is 4.74 Å². The van der Waals surface area contributed by atoms with E-state index in [0.29, 0.717) is 11.1 Å². The summed E-state index contributed by atoms with van der Waals surface area (Å²) in [5.41, 5.74) is 0.785.